The number of imidazole rings is 2. The van der Waals surface area contributed by atoms with E-state index in [1.165, 1.54) is 24.3 Å². The number of alkyl halides is 6. The topological polar surface area (TPSA) is 87.7 Å². The molecule has 0 saturated heterocycles. The van der Waals surface area contributed by atoms with Crippen molar-refractivity contribution in [1.82, 2.24) is 29.4 Å². The van der Waals surface area contributed by atoms with E-state index in [4.69, 9.17) is 19.0 Å². The standard InChI is InChI=1S/C47H36F6N6O2/c48-46(49,50)45(47(51,52)53,33-23-19-29(20-24-33)43-54-37-17-9-7-11-31-27-60-56-39(31)41(37)58(43)35-13-3-1-4-14-35)34-25-21-30(22-26-34)44-55-38-18-10-8-12-32-28-61-57-40(32)42(38)59(44)36-15-5-2-6-16-36/h1-6,13-16,19-28H,7-12,17-18H2. The van der Waals surface area contributed by atoms with Crippen LogP contribution in [0.3, 0.4) is 0 Å². The van der Waals surface area contributed by atoms with Gasteiger partial charge in [-0.15, -0.1) is 0 Å². The molecule has 8 aromatic rings. The molecule has 4 heterocycles. The number of benzene rings is 4. The fourth-order valence-corrected chi connectivity index (χ4v) is 9.01. The fraction of sp³-hybridized carbons (Fsp3) is 0.234. The second kappa shape index (κ2) is 14.8. The van der Waals surface area contributed by atoms with Gasteiger partial charge in [0, 0.05) is 33.6 Å². The third-order valence-corrected chi connectivity index (χ3v) is 11.9. The largest absolute Gasteiger partial charge is 0.411 e. The lowest BCUT2D eigenvalue weighted by molar-refractivity contribution is -0.288. The summed E-state index contributed by atoms with van der Waals surface area (Å²) >= 11 is 0. The molecule has 0 spiro atoms. The molecule has 0 saturated carbocycles. The first-order valence-corrected chi connectivity index (χ1v) is 20.1. The summed E-state index contributed by atoms with van der Waals surface area (Å²) < 4.78 is 108. The Morgan fingerprint density at radius 1 is 0.459 bits per heavy atom. The van der Waals surface area contributed by atoms with E-state index >= 15 is 26.3 Å². The number of nitrogens with zero attached hydrogens (tertiary/aromatic N) is 6. The van der Waals surface area contributed by atoms with Crippen molar-refractivity contribution in [3.05, 3.63) is 155 Å². The zero-order valence-electron chi connectivity index (χ0n) is 32.5. The van der Waals surface area contributed by atoms with Crippen LogP contribution >= 0.6 is 0 Å². The van der Waals surface area contributed by atoms with Crippen LogP contribution in [0.25, 0.3) is 56.9 Å². The van der Waals surface area contributed by atoms with Gasteiger partial charge in [0.25, 0.3) is 0 Å². The highest BCUT2D eigenvalue weighted by molar-refractivity contribution is 5.74. The smallest absolute Gasteiger partial charge is 0.364 e. The minimum absolute atomic E-state index is 0.330. The van der Waals surface area contributed by atoms with Crippen molar-refractivity contribution in [2.24, 2.45) is 0 Å². The predicted molar refractivity (Wildman–Crippen MR) is 215 cm³/mol. The summed E-state index contributed by atoms with van der Waals surface area (Å²) in [5, 5.41) is 8.61. The normalized spacial score (nSPS) is 14.5. The maximum absolute atomic E-state index is 15.6. The number of hydrogen-bond donors (Lipinski definition) is 0. The number of para-hydroxylation sites is 2. The molecular formula is C47H36F6N6O2. The second-order valence-electron chi connectivity index (χ2n) is 15.5. The van der Waals surface area contributed by atoms with Gasteiger partial charge in [0.15, 0.2) is 0 Å². The van der Waals surface area contributed by atoms with Crippen molar-refractivity contribution in [3.8, 4) is 56.9 Å². The summed E-state index contributed by atoms with van der Waals surface area (Å²) in [5.74, 6) is 0.710. The number of halogens is 6. The Hall–Kier alpha value is -6.70. The molecule has 61 heavy (non-hydrogen) atoms. The zero-order valence-corrected chi connectivity index (χ0v) is 32.5. The molecule has 308 valence electrons. The van der Waals surface area contributed by atoms with Gasteiger partial charge in [-0.3, -0.25) is 9.13 Å². The molecule has 0 fully saturated rings. The molecule has 0 unspecified atom stereocenters. The second-order valence-corrected chi connectivity index (χ2v) is 15.5. The molecule has 0 bridgehead atoms. The van der Waals surface area contributed by atoms with Crippen molar-refractivity contribution in [2.45, 2.75) is 69.1 Å². The molecule has 4 aromatic carbocycles. The lowest BCUT2D eigenvalue weighted by Gasteiger charge is -2.38. The molecule has 4 aromatic heterocycles. The van der Waals surface area contributed by atoms with Crippen LogP contribution in [-0.2, 0) is 31.1 Å². The summed E-state index contributed by atoms with van der Waals surface area (Å²) in [7, 11) is 0. The molecule has 2 aliphatic carbocycles. The monoisotopic (exact) mass is 830 g/mol. The lowest BCUT2D eigenvalue weighted by Crippen LogP contribution is -2.54. The molecule has 10 rings (SSSR count). The average molecular weight is 831 g/mol. The Kier molecular flexibility index (Phi) is 9.33. The maximum atomic E-state index is 15.6. The lowest BCUT2D eigenvalue weighted by atomic mass is 9.72. The van der Waals surface area contributed by atoms with Crippen LogP contribution in [0.15, 0.2) is 131 Å². The number of aromatic nitrogens is 6. The van der Waals surface area contributed by atoms with Gasteiger partial charge >= 0.3 is 12.4 Å². The molecule has 0 amide bonds. The van der Waals surface area contributed by atoms with E-state index in [2.05, 4.69) is 10.3 Å². The van der Waals surface area contributed by atoms with E-state index in [-0.39, 0.29) is 0 Å². The van der Waals surface area contributed by atoms with E-state index in [1.54, 1.807) is 12.5 Å². The van der Waals surface area contributed by atoms with Gasteiger partial charge in [0.1, 0.15) is 35.6 Å². The summed E-state index contributed by atoms with van der Waals surface area (Å²) in [6, 6.07) is 27.2. The van der Waals surface area contributed by atoms with E-state index in [0.29, 0.717) is 81.2 Å². The first kappa shape index (κ1) is 38.5. The highest BCUT2D eigenvalue weighted by Gasteiger charge is 2.72. The number of hydrogen-bond acceptors (Lipinski definition) is 6. The third-order valence-electron chi connectivity index (χ3n) is 11.9. The molecule has 14 heteroatoms. The average Bonchev–Trinajstić information content (AvgIpc) is 4.05. The van der Waals surface area contributed by atoms with Gasteiger partial charge in [-0.2, -0.15) is 26.3 Å². The molecule has 0 aliphatic heterocycles. The molecule has 0 atom stereocenters. The summed E-state index contributed by atoms with van der Waals surface area (Å²) in [5.41, 5.74) is 1.48. The Balaban J connectivity index is 1.10. The minimum atomic E-state index is -5.79. The molecule has 8 nitrogen and oxygen atoms in total. The zero-order chi connectivity index (χ0) is 41.9. The van der Waals surface area contributed by atoms with Crippen molar-refractivity contribution in [2.75, 3.05) is 0 Å². The van der Waals surface area contributed by atoms with Gasteiger partial charge in [-0.1, -0.05) is 95.2 Å². The van der Waals surface area contributed by atoms with Gasteiger partial charge in [0.2, 0.25) is 5.41 Å². The van der Waals surface area contributed by atoms with Crippen LogP contribution in [0.4, 0.5) is 26.3 Å². The van der Waals surface area contributed by atoms with Crippen molar-refractivity contribution >= 4 is 0 Å². The minimum Gasteiger partial charge on any atom is -0.364 e. The quantitative estimate of drug-likeness (QED) is 0.155. The molecule has 0 N–H and O–H groups in total. The van der Waals surface area contributed by atoms with Gasteiger partial charge in [0.05, 0.1) is 22.8 Å². The molecular weight excluding hydrogens is 795 g/mol. The van der Waals surface area contributed by atoms with Crippen molar-refractivity contribution in [1.29, 1.82) is 0 Å². The third kappa shape index (κ3) is 6.29. The van der Waals surface area contributed by atoms with Gasteiger partial charge < -0.3 is 9.05 Å². The van der Waals surface area contributed by atoms with Crippen LogP contribution in [0.2, 0.25) is 0 Å². The molecule has 0 radical (unpaired) electrons. The van der Waals surface area contributed by atoms with E-state index < -0.39 is 28.9 Å². The number of rotatable bonds is 6. The number of aryl methyl sites for hydroxylation is 4. The van der Waals surface area contributed by atoms with Crippen LogP contribution in [0.5, 0.6) is 0 Å². The highest BCUT2D eigenvalue weighted by Crippen LogP contribution is 2.56. The van der Waals surface area contributed by atoms with E-state index in [0.717, 1.165) is 73.9 Å². The SMILES string of the molecule is FC(F)(F)C(c1ccc(-c2nc3c(n2-c2ccccc2)-c2nocc2CCCC3)cc1)(c1ccc(-c2nc3c(n2-c2ccccc2)-c2nocc2CCCC3)cc1)C(F)(F)F. The van der Waals surface area contributed by atoms with Crippen LogP contribution < -0.4 is 0 Å². The van der Waals surface area contributed by atoms with Crippen LogP contribution in [0, 0.1) is 0 Å². The maximum Gasteiger partial charge on any atom is 0.411 e. The predicted octanol–water partition coefficient (Wildman–Crippen LogP) is 11.9. The first-order valence-electron chi connectivity index (χ1n) is 20.1. The van der Waals surface area contributed by atoms with Crippen molar-refractivity contribution in [3.63, 3.8) is 0 Å². The van der Waals surface area contributed by atoms with Crippen molar-refractivity contribution < 1.29 is 35.4 Å². The Bertz CT molecular complexity index is 2640. The van der Waals surface area contributed by atoms with Crippen LogP contribution in [-0.4, -0.2) is 41.8 Å². The Morgan fingerprint density at radius 3 is 1.21 bits per heavy atom. The van der Waals surface area contributed by atoms with E-state index in [9.17, 15) is 0 Å². The Labute approximate surface area is 345 Å². The summed E-state index contributed by atoms with van der Waals surface area (Å²) in [6.45, 7) is 0. The van der Waals surface area contributed by atoms with E-state index in [1.807, 2.05) is 69.8 Å². The fourth-order valence-electron chi connectivity index (χ4n) is 9.01. The number of fused-ring (bicyclic) bond motifs is 6. The van der Waals surface area contributed by atoms with Gasteiger partial charge in [-0.05, 0) is 86.8 Å². The summed E-state index contributed by atoms with van der Waals surface area (Å²) in [4.78, 5) is 9.91. The molecule has 2 aliphatic rings. The Morgan fingerprint density at radius 2 is 0.836 bits per heavy atom. The highest BCUT2D eigenvalue weighted by atomic mass is 19.4. The van der Waals surface area contributed by atoms with Crippen LogP contribution in [0.1, 0.15) is 59.3 Å². The summed E-state index contributed by atoms with van der Waals surface area (Å²) in [6.07, 6.45) is -2.33. The van der Waals surface area contributed by atoms with Gasteiger partial charge in [-0.25, -0.2) is 9.97 Å². The first-order chi connectivity index (χ1) is 29.5.